The van der Waals surface area contributed by atoms with E-state index in [0.29, 0.717) is 20.6 Å². The molecule has 0 fully saturated rings. The van der Waals surface area contributed by atoms with E-state index in [0.717, 1.165) is 3.57 Å². The molecule has 98 valence electrons. The van der Waals surface area contributed by atoms with Gasteiger partial charge in [0.15, 0.2) is 5.78 Å². The number of benzene rings is 2. The minimum Gasteiger partial charge on any atom is -0.294 e. The Labute approximate surface area is 137 Å². The van der Waals surface area contributed by atoms with Gasteiger partial charge in [-0.2, -0.15) is 0 Å². The summed E-state index contributed by atoms with van der Waals surface area (Å²) in [4.78, 5) is 12.2. The molecule has 0 atom stereocenters. The first-order valence-corrected chi connectivity index (χ1v) is 7.65. The van der Waals surface area contributed by atoms with Crippen LogP contribution in [0.2, 0.25) is 5.02 Å². The van der Waals surface area contributed by atoms with E-state index in [9.17, 15) is 9.18 Å². The number of Topliss-reactive ketones (excluding diaryl/α,β-unsaturated/α-hetero) is 1. The molecule has 0 aliphatic heterocycles. The molecule has 2 rings (SSSR count). The maximum absolute atomic E-state index is 13.4. The summed E-state index contributed by atoms with van der Waals surface area (Å²) in [6.45, 7) is 0. The van der Waals surface area contributed by atoms with Crippen LogP contribution in [0.25, 0.3) is 0 Å². The normalized spacial score (nSPS) is 10.5. The average molecular weight is 453 g/mol. The monoisotopic (exact) mass is 452 g/mol. The van der Waals surface area contributed by atoms with E-state index in [1.165, 1.54) is 6.07 Å². The highest BCUT2D eigenvalue weighted by Gasteiger charge is 2.14. The van der Waals surface area contributed by atoms with Crippen LogP contribution >= 0.6 is 50.1 Å². The minimum atomic E-state index is -0.369. The zero-order valence-corrected chi connectivity index (χ0v) is 14.1. The molecule has 0 heterocycles. The summed E-state index contributed by atoms with van der Waals surface area (Å²) in [7, 11) is 0. The molecule has 0 aliphatic carbocycles. The van der Waals surface area contributed by atoms with Crippen molar-refractivity contribution >= 4 is 55.9 Å². The quantitative estimate of drug-likeness (QED) is 0.457. The average Bonchev–Trinajstić information content (AvgIpc) is 2.38. The van der Waals surface area contributed by atoms with Crippen molar-refractivity contribution in [2.45, 2.75) is 6.42 Å². The van der Waals surface area contributed by atoms with Crippen molar-refractivity contribution in [3.63, 3.8) is 0 Å². The molecule has 0 unspecified atom stereocenters. The first kappa shape index (κ1) is 14.9. The lowest BCUT2D eigenvalue weighted by molar-refractivity contribution is 0.0992. The van der Waals surface area contributed by atoms with Crippen molar-refractivity contribution in [2.24, 2.45) is 0 Å². The Bertz CT molecular complexity index is 645. The minimum absolute atomic E-state index is 0.0850. The molecule has 0 N–H and O–H groups in total. The zero-order valence-electron chi connectivity index (χ0n) is 9.59. The van der Waals surface area contributed by atoms with Crippen LogP contribution in [0.4, 0.5) is 4.39 Å². The Morgan fingerprint density at radius 1 is 1.32 bits per heavy atom. The van der Waals surface area contributed by atoms with E-state index >= 15 is 0 Å². The van der Waals surface area contributed by atoms with Gasteiger partial charge >= 0.3 is 0 Å². The SMILES string of the molecule is O=C(Cc1cccc(F)c1Br)c1cc(Cl)ccc1I. The van der Waals surface area contributed by atoms with Gasteiger partial charge in [-0.1, -0.05) is 23.7 Å². The number of ketones is 1. The highest BCUT2D eigenvalue weighted by Crippen LogP contribution is 2.24. The predicted octanol–water partition coefficient (Wildman–Crippen LogP) is 5.27. The number of carbonyl (C=O) groups excluding carboxylic acids is 1. The van der Waals surface area contributed by atoms with Crippen LogP contribution in [0, 0.1) is 9.39 Å². The van der Waals surface area contributed by atoms with E-state index in [-0.39, 0.29) is 18.0 Å². The van der Waals surface area contributed by atoms with Crippen molar-refractivity contribution in [3.05, 3.63) is 66.4 Å². The van der Waals surface area contributed by atoms with E-state index in [1.54, 1.807) is 30.3 Å². The maximum atomic E-state index is 13.4. The van der Waals surface area contributed by atoms with E-state index < -0.39 is 0 Å². The molecule has 0 saturated heterocycles. The number of hydrogen-bond donors (Lipinski definition) is 0. The number of hydrogen-bond acceptors (Lipinski definition) is 1. The molecule has 2 aromatic carbocycles. The third-order valence-corrected chi connectivity index (χ3v) is 4.68. The van der Waals surface area contributed by atoms with Gasteiger partial charge in [-0.3, -0.25) is 4.79 Å². The van der Waals surface area contributed by atoms with Gasteiger partial charge in [0, 0.05) is 20.6 Å². The molecule has 0 amide bonds. The summed E-state index contributed by atoms with van der Waals surface area (Å²) >= 11 is 11.1. The summed E-state index contributed by atoms with van der Waals surface area (Å²) in [5.74, 6) is -0.454. The molecular weight excluding hydrogens is 445 g/mol. The van der Waals surface area contributed by atoms with Gasteiger partial charge in [0.2, 0.25) is 0 Å². The van der Waals surface area contributed by atoms with Crippen LogP contribution in [0.5, 0.6) is 0 Å². The first-order chi connectivity index (χ1) is 8.99. The molecule has 19 heavy (non-hydrogen) atoms. The highest BCUT2D eigenvalue weighted by molar-refractivity contribution is 14.1. The lowest BCUT2D eigenvalue weighted by atomic mass is 10.0. The molecule has 0 radical (unpaired) electrons. The Kier molecular flexibility index (Phi) is 4.97. The molecule has 0 aliphatic rings. The fraction of sp³-hybridized carbons (Fsp3) is 0.0714. The second kappa shape index (κ2) is 6.33. The Morgan fingerprint density at radius 2 is 2.05 bits per heavy atom. The van der Waals surface area contributed by atoms with Crippen LogP contribution < -0.4 is 0 Å². The van der Waals surface area contributed by atoms with E-state index in [1.807, 2.05) is 0 Å². The molecule has 0 spiro atoms. The van der Waals surface area contributed by atoms with Gasteiger partial charge < -0.3 is 0 Å². The van der Waals surface area contributed by atoms with Gasteiger partial charge in [0.1, 0.15) is 5.82 Å². The van der Waals surface area contributed by atoms with Crippen LogP contribution in [0.1, 0.15) is 15.9 Å². The molecule has 0 saturated carbocycles. The van der Waals surface area contributed by atoms with Crippen molar-refractivity contribution < 1.29 is 9.18 Å². The standard InChI is InChI=1S/C14H8BrClFIO/c15-14-8(2-1-3-11(14)17)6-13(19)10-7-9(16)4-5-12(10)18/h1-5,7H,6H2. The molecule has 5 heteroatoms. The Balaban J connectivity index is 2.31. The fourth-order valence-corrected chi connectivity index (χ4v) is 2.88. The number of halogens is 4. The Morgan fingerprint density at radius 3 is 2.79 bits per heavy atom. The summed E-state index contributed by atoms with van der Waals surface area (Å²) in [6, 6.07) is 9.82. The zero-order chi connectivity index (χ0) is 14.0. The lowest BCUT2D eigenvalue weighted by Crippen LogP contribution is -2.06. The van der Waals surface area contributed by atoms with Crippen LogP contribution in [0.3, 0.4) is 0 Å². The van der Waals surface area contributed by atoms with Crippen LogP contribution in [-0.4, -0.2) is 5.78 Å². The number of rotatable bonds is 3. The summed E-state index contributed by atoms with van der Waals surface area (Å²) < 4.78 is 14.6. The fourth-order valence-electron chi connectivity index (χ4n) is 1.66. The third-order valence-electron chi connectivity index (χ3n) is 2.61. The van der Waals surface area contributed by atoms with Crippen LogP contribution in [-0.2, 0) is 6.42 Å². The van der Waals surface area contributed by atoms with E-state index in [2.05, 4.69) is 38.5 Å². The molecule has 1 nitrogen and oxygen atoms in total. The van der Waals surface area contributed by atoms with Crippen molar-refractivity contribution in [2.75, 3.05) is 0 Å². The summed E-state index contributed by atoms with van der Waals surface area (Å²) in [5, 5.41) is 0.516. The molecule has 0 aromatic heterocycles. The maximum Gasteiger partial charge on any atom is 0.168 e. The second-order valence-corrected chi connectivity index (χ2v) is 6.33. The molecular formula is C14H8BrClFIO. The smallest absolute Gasteiger partial charge is 0.168 e. The van der Waals surface area contributed by atoms with Crippen LogP contribution in [0.15, 0.2) is 40.9 Å². The van der Waals surface area contributed by atoms with Gasteiger partial charge in [-0.05, 0) is 68.3 Å². The topological polar surface area (TPSA) is 17.1 Å². The van der Waals surface area contributed by atoms with Gasteiger partial charge in [0.05, 0.1) is 4.47 Å². The summed E-state index contributed by atoms with van der Waals surface area (Å²) in [6.07, 6.45) is 0.134. The largest absolute Gasteiger partial charge is 0.294 e. The van der Waals surface area contributed by atoms with Crippen molar-refractivity contribution in [3.8, 4) is 0 Å². The van der Waals surface area contributed by atoms with Gasteiger partial charge in [0.25, 0.3) is 0 Å². The highest BCUT2D eigenvalue weighted by atomic mass is 127. The molecule has 0 bridgehead atoms. The van der Waals surface area contributed by atoms with Crippen molar-refractivity contribution in [1.82, 2.24) is 0 Å². The first-order valence-electron chi connectivity index (χ1n) is 5.40. The second-order valence-electron chi connectivity index (χ2n) is 3.94. The van der Waals surface area contributed by atoms with Gasteiger partial charge in [-0.15, -0.1) is 0 Å². The van der Waals surface area contributed by atoms with E-state index in [4.69, 9.17) is 11.6 Å². The third kappa shape index (κ3) is 3.55. The lowest BCUT2D eigenvalue weighted by Gasteiger charge is -2.07. The molecule has 2 aromatic rings. The van der Waals surface area contributed by atoms with Crippen molar-refractivity contribution in [1.29, 1.82) is 0 Å². The Hall–Kier alpha value is -0.460. The summed E-state index contributed by atoms with van der Waals surface area (Å²) in [5.41, 5.74) is 1.19. The number of carbonyl (C=O) groups is 1. The van der Waals surface area contributed by atoms with Gasteiger partial charge in [-0.25, -0.2) is 4.39 Å². The predicted molar refractivity (Wildman–Crippen MR) is 86.3 cm³/mol.